The van der Waals surface area contributed by atoms with Gasteiger partial charge in [0.25, 0.3) is 0 Å². The van der Waals surface area contributed by atoms with Gasteiger partial charge in [0.15, 0.2) is 9.84 Å². The fourth-order valence-corrected chi connectivity index (χ4v) is 3.38. The van der Waals surface area contributed by atoms with E-state index in [-0.39, 0.29) is 11.8 Å². The Morgan fingerprint density at radius 3 is 2.89 bits per heavy atom. The van der Waals surface area contributed by atoms with E-state index in [0.29, 0.717) is 17.8 Å². The van der Waals surface area contributed by atoms with E-state index >= 15 is 0 Å². The van der Waals surface area contributed by atoms with E-state index in [2.05, 4.69) is 32.7 Å². The number of halogens is 1. The van der Waals surface area contributed by atoms with Crippen LogP contribution in [0, 0.1) is 0 Å². The lowest BCUT2D eigenvalue weighted by molar-refractivity contribution is 0.0985. The Morgan fingerprint density at radius 2 is 2.26 bits per heavy atom. The molecule has 0 amide bonds. The molecule has 1 fully saturated rings. The third-order valence-corrected chi connectivity index (χ3v) is 4.20. The minimum absolute atomic E-state index is 0.0276. The Kier molecular flexibility index (Phi) is 4.47. The average Bonchev–Trinajstić information content (AvgIpc) is 2.26. The summed E-state index contributed by atoms with van der Waals surface area (Å²) in [5.41, 5.74) is 0.748. The van der Waals surface area contributed by atoms with Crippen molar-refractivity contribution < 1.29 is 13.2 Å². The van der Waals surface area contributed by atoms with Crippen molar-refractivity contribution in [3.63, 3.8) is 0 Å². The van der Waals surface area contributed by atoms with Gasteiger partial charge in [0, 0.05) is 12.8 Å². The number of sulfone groups is 1. The Balaban J connectivity index is 2.30. The van der Waals surface area contributed by atoms with E-state index in [0.717, 1.165) is 17.9 Å². The maximum atomic E-state index is 11.4. The number of rotatable bonds is 3. The molecule has 0 aromatic carbocycles. The van der Waals surface area contributed by atoms with Crippen molar-refractivity contribution in [3.05, 3.63) is 22.3 Å². The second-order valence-corrected chi connectivity index (χ2v) is 7.80. The van der Waals surface area contributed by atoms with Gasteiger partial charge in [0.05, 0.1) is 25.0 Å². The summed E-state index contributed by atoms with van der Waals surface area (Å²) in [4.78, 5) is 6.57. The maximum Gasteiger partial charge on any atom is 0.151 e. The van der Waals surface area contributed by atoms with Crippen LogP contribution in [0.4, 0.5) is 5.82 Å². The number of morpholine rings is 1. The average molecular weight is 349 g/mol. The van der Waals surface area contributed by atoms with Crippen LogP contribution in [0.1, 0.15) is 12.5 Å². The molecule has 1 aromatic heterocycles. The minimum atomic E-state index is -3.05. The van der Waals surface area contributed by atoms with Crippen LogP contribution in [0.5, 0.6) is 0 Å². The van der Waals surface area contributed by atoms with Crippen LogP contribution in [0.3, 0.4) is 0 Å². The predicted octanol–water partition coefficient (Wildman–Crippen LogP) is 1.61. The molecule has 106 valence electrons. The smallest absolute Gasteiger partial charge is 0.151 e. The van der Waals surface area contributed by atoms with Crippen LogP contribution in [0.25, 0.3) is 0 Å². The standard InChI is InChI=1S/C12H17BrN2O3S/c1-9-7-18-4-3-15(9)12-6-10(5-11(13)14-12)8-19(2,16)17/h5-6,9H,3-4,7-8H2,1-2H3/t9-/m1/s1. The normalized spacial score (nSPS) is 20.6. The highest BCUT2D eigenvalue weighted by atomic mass is 79.9. The molecule has 7 heteroatoms. The number of hydrogen-bond donors (Lipinski definition) is 0. The van der Waals surface area contributed by atoms with Crippen molar-refractivity contribution in [3.8, 4) is 0 Å². The first kappa shape index (κ1) is 14.7. The van der Waals surface area contributed by atoms with E-state index in [1.54, 1.807) is 6.07 Å². The van der Waals surface area contributed by atoms with Gasteiger partial charge >= 0.3 is 0 Å². The number of nitrogens with zero attached hydrogens (tertiary/aromatic N) is 2. The molecule has 0 saturated carbocycles. The van der Waals surface area contributed by atoms with Gasteiger partial charge in [-0.3, -0.25) is 0 Å². The zero-order valence-corrected chi connectivity index (χ0v) is 13.4. The summed E-state index contributed by atoms with van der Waals surface area (Å²) in [6, 6.07) is 3.82. The Hall–Kier alpha value is -0.660. The van der Waals surface area contributed by atoms with Crippen molar-refractivity contribution >= 4 is 31.6 Å². The molecule has 19 heavy (non-hydrogen) atoms. The van der Waals surface area contributed by atoms with Gasteiger partial charge in [-0.15, -0.1) is 0 Å². The first-order chi connectivity index (χ1) is 8.85. The van der Waals surface area contributed by atoms with Crippen LogP contribution in [-0.2, 0) is 20.3 Å². The summed E-state index contributed by atoms with van der Waals surface area (Å²) in [5, 5.41) is 0. The molecule has 5 nitrogen and oxygen atoms in total. The van der Waals surface area contributed by atoms with Gasteiger partial charge in [-0.2, -0.15) is 0 Å². The summed E-state index contributed by atoms with van der Waals surface area (Å²) in [6.07, 6.45) is 1.23. The minimum Gasteiger partial charge on any atom is -0.377 e. The zero-order chi connectivity index (χ0) is 14.0. The summed E-state index contributed by atoms with van der Waals surface area (Å²) < 4.78 is 28.8. The van der Waals surface area contributed by atoms with Crippen molar-refractivity contribution in [1.82, 2.24) is 4.98 Å². The van der Waals surface area contributed by atoms with Crippen LogP contribution < -0.4 is 4.90 Å². The largest absolute Gasteiger partial charge is 0.377 e. The highest BCUT2D eigenvalue weighted by molar-refractivity contribution is 9.10. The van der Waals surface area contributed by atoms with Crippen LogP contribution in [-0.4, -0.2) is 45.5 Å². The van der Waals surface area contributed by atoms with Gasteiger partial charge in [0.1, 0.15) is 10.4 Å². The SMILES string of the molecule is C[C@@H]1COCCN1c1cc(CS(C)(=O)=O)cc(Br)n1. The Morgan fingerprint density at radius 1 is 1.53 bits per heavy atom. The molecule has 0 unspecified atom stereocenters. The number of anilines is 1. The molecule has 0 spiro atoms. The van der Waals surface area contributed by atoms with Crippen LogP contribution in [0.15, 0.2) is 16.7 Å². The molecule has 0 radical (unpaired) electrons. The first-order valence-corrected chi connectivity index (χ1v) is 8.89. The second kappa shape index (κ2) is 5.76. The molecule has 1 atom stereocenters. The first-order valence-electron chi connectivity index (χ1n) is 6.04. The maximum absolute atomic E-state index is 11.4. The molecule has 0 bridgehead atoms. The topological polar surface area (TPSA) is 59.5 Å². The van der Waals surface area contributed by atoms with Gasteiger partial charge < -0.3 is 9.64 Å². The Labute approximate surface area is 122 Å². The zero-order valence-electron chi connectivity index (χ0n) is 11.0. The fraction of sp³-hybridized carbons (Fsp3) is 0.583. The second-order valence-electron chi connectivity index (χ2n) is 4.84. The highest BCUT2D eigenvalue weighted by Crippen LogP contribution is 2.23. The molecule has 1 aliphatic rings. The van der Waals surface area contributed by atoms with E-state index in [1.807, 2.05) is 6.07 Å². The molecule has 1 aliphatic heterocycles. The van der Waals surface area contributed by atoms with Crippen LogP contribution in [0.2, 0.25) is 0 Å². The predicted molar refractivity (Wildman–Crippen MR) is 78.1 cm³/mol. The lowest BCUT2D eigenvalue weighted by Gasteiger charge is -2.34. The summed E-state index contributed by atoms with van der Waals surface area (Å²) >= 11 is 3.34. The van der Waals surface area contributed by atoms with E-state index < -0.39 is 9.84 Å². The van der Waals surface area contributed by atoms with Crippen LogP contribution >= 0.6 is 15.9 Å². The van der Waals surface area contributed by atoms with Gasteiger partial charge in [-0.05, 0) is 40.5 Å². The number of aromatic nitrogens is 1. The molecule has 2 rings (SSSR count). The summed E-state index contributed by atoms with van der Waals surface area (Å²) in [6.45, 7) is 4.16. The van der Waals surface area contributed by atoms with E-state index in [4.69, 9.17) is 4.74 Å². The monoisotopic (exact) mass is 348 g/mol. The number of pyridine rings is 1. The lowest BCUT2D eigenvalue weighted by Crippen LogP contribution is -2.44. The van der Waals surface area contributed by atoms with Gasteiger partial charge in [0.2, 0.25) is 0 Å². The Bertz CT molecular complexity index is 562. The van der Waals surface area contributed by atoms with Crippen molar-refractivity contribution in [1.29, 1.82) is 0 Å². The van der Waals surface area contributed by atoms with E-state index in [9.17, 15) is 8.42 Å². The lowest BCUT2D eigenvalue weighted by atomic mass is 10.2. The third kappa shape index (κ3) is 4.15. The highest BCUT2D eigenvalue weighted by Gasteiger charge is 2.21. The molecule has 0 N–H and O–H groups in total. The third-order valence-electron chi connectivity index (χ3n) is 2.93. The number of hydrogen-bond acceptors (Lipinski definition) is 5. The molecule has 0 aliphatic carbocycles. The molecular weight excluding hydrogens is 332 g/mol. The summed E-state index contributed by atoms with van der Waals surface area (Å²) in [5.74, 6) is 0.823. The van der Waals surface area contributed by atoms with E-state index in [1.165, 1.54) is 6.26 Å². The molecule has 1 aromatic rings. The van der Waals surface area contributed by atoms with Gasteiger partial charge in [-0.1, -0.05) is 0 Å². The fourth-order valence-electron chi connectivity index (χ4n) is 2.14. The molecule has 1 saturated heterocycles. The van der Waals surface area contributed by atoms with Crippen molar-refractivity contribution in [2.45, 2.75) is 18.7 Å². The van der Waals surface area contributed by atoms with Gasteiger partial charge in [-0.25, -0.2) is 13.4 Å². The quantitative estimate of drug-likeness (QED) is 0.776. The van der Waals surface area contributed by atoms with Crippen molar-refractivity contribution in [2.75, 3.05) is 30.9 Å². The molecule has 2 heterocycles. The number of ether oxygens (including phenoxy) is 1. The summed E-state index contributed by atoms with van der Waals surface area (Å²) in [7, 11) is -3.05. The molecular formula is C12H17BrN2O3S. The van der Waals surface area contributed by atoms with Crippen molar-refractivity contribution in [2.24, 2.45) is 0 Å².